The molecule has 3 nitrogen and oxygen atoms in total. The smallest absolute Gasteiger partial charge is 0.0564 e. The summed E-state index contributed by atoms with van der Waals surface area (Å²) in [5.74, 6) is 0. The van der Waals surface area contributed by atoms with Crippen LogP contribution in [-0.4, -0.2) is 54.2 Å². The molecule has 0 aliphatic carbocycles. The largest absolute Gasteiger partial charge is 0.393 e. The molecular formula is C18H30N2O. The molecule has 118 valence electrons. The maximum Gasteiger partial charge on any atom is 0.0564 e. The van der Waals surface area contributed by atoms with Crippen LogP contribution in [-0.2, 0) is 6.54 Å². The number of rotatable bonds is 6. The summed E-state index contributed by atoms with van der Waals surface area (Å²) in [6, 6.07) is 10.7. The number of piperidine rings is 1. The third-order valence-corrected chi connectivity index (χ3v) is 4.20. The fraction of sp³-hybridized carbons (Fsp3) is 0.667. The molecule has 0 amide bonds. The molecule has 1 N–H and O–H groups in total. The molecular weight excluding hydrogens is 260 g/mol. The van der Waals surface area contributed by atoms with Crippen molar-refractivity contribution in [3.8, 4) is 0 Å². The minimum absolute atomic E-state index is 0.0786. The number of aliphatic hydroxyl groups is 1. The highest BCUT2D eigenvalue weighted by Gasteiger charge is 2.26. The normalized spacial score (nSPS) is 18.3. The molecule has 0 unspecified atom stereocenters. The molecule has 1 heterocycles. The second-order valence-corrected chi connectivity index (χ2v) is 7.33. The van der Waals surface area contributed by atoms with E-state index in [1.165, 1.54) is 5.56 Å². The molecule has 2 rings (SSSR count). The summed E-state index contributed by atoms with van der Waals surface area (Å²) in [5.41, 5.74) is 1.64. The van der Waals surface area contributed by atoms with Crippen LogP contribution in [0.25, 0.3) is 0 Å². The molecule has 0 atom stereocenters. The van der Waals surface area contributed by atoms with Crippen molar-refractivity contribution in [2.24, 2.45) is 5.41 Å². The molecule has 0 aromatic heterocycles. The Labute approximate surface area is 129 Å². The Balaban J connectivity index is 1.79. The highest BCUT2D eigenvalue weighted by atomic mass is 16.3. The van der Waals surface area contributed by atoms with Gasteiger partial charge in [0.15, 0.2) is 0 Å². The second-order valence-electron chi connectivity index (χ2n) is 7.33. The first-order valence-electron chi connectivity index (χ1n) is 8.07. The van der Waals surface area contributed by atoms with Crippen molar-refractivity contribution >= 4 is 0 Å². The monoisotopic (exact) mass is 290 g/mol. The number of hydrogen-bond donors (Lipinski definition) is 1. The van der Waals surface area contributed by atoms with Crippen LogP contribution in [0.1, 0.15) is 32.3 Å². The number of likely N-dealkylation sites (tertiary alicyclic amines) is 1. The summed E-state index contributed by atoms with van der Waals surface area (Å²) in [6.45, 7) is 9.96. The van der Waals surface area contributed by atoms with Crippen molar-refractivity contribution in [2.45, 2.75) is 39.3 Å². The van der Waals surface area contributed by atoms with E-state index in [1.807, 2.05) is 0 Å². The van der Waals surface area contributed by atoms with Gasteiger partial charge in [0.25, 0.3) is 0 Å². The standard InChI is InChI=1S/C18H30N2O/c1-18(2,15-20-11-9-17(21)10-12-20)14-19(3)13-16-7-5-4-6-8-16/h4-8,17,21H,9-15H2,1-3H3. The van der Waals surface area contributed by atoms with Crippen LogP contribution < -0.4 is 0 Å². The van der Waals surface area contributed by atoms with E-state index in [0.717, 1.165) is 45.6 Å². The van der Waals surface area contributed by atoms with Crippen LogP contribution in [0.3, 0.4) is 0 Å². The number of hydrogen-bond acceptors (Lipinski definition) is 3. The highest BCUT2D eigenvalue weighted by Crippen LogP contribution is 2.22. The van der Waals surface area contributed by atoms with Crippen molar-refractivity contribution in [2.75, 3.05) is 33.2 Å². The Morgan fingerprint density at radius 2 is 1.81 bits per heavy atom. The third-order valence-electron chi connectivity index (χ3n) is 4.20. The van der Waals surface area contributed by atoms with Crippen molar-refractivity contribution in [3.63, 3.8) is 0 Å². The minimum atomic E-state index is -0.0786. The summed E-state index contributed by atoms with van der Waals surface area (Å²) in [7, 11) is 2.20. The van der Waals surface area contributed by atoms with Crippen molar-refractivity contribution in [1.82, 2.24) is 9.80 Å². The van der Waals surface area contributed by atoms with Crippen LogP contribution in [0.15, 0.2) is 30.3 Å². The van der Waals surface area contributed by atoms with E-state index < -0.39 is 0 Å². The lowest BCUT2D eigenvalue weighted by Crippen LogP contribution is -2.44. The Hall–Kier alpha value is -0.900. The maximum absolute atomic E-state index is 9.60. The summed E-state index contributed by atoms with van der Waals surface area (Å²) in [5, 5.41) is 9.60. The molecule has 3 heteroatoms. The SMILES string of the molecule is CN(Cc1ccccc1)CC(C)(C)CN1CCC(O)CC1. The first-order chi connectivity index (χ1) is 9.94. The van der Waals surface area contributed by atoms with Crippen molar-refractivity contribution < 1.29 is 5.11 Å². The maximum atomic E-state index is 9.60. The van der Waals surface area contributed by atoms with E-state index in [2.05, 4.69) is 61.0 Å². The average Bonchev–Trinajstić information content (AvgIpc) is 2.41. The first-order valence-corrected chi connectivity index (χ1v) is 8.07. The van der Waals surface area contributed by atoms with E-state index >= 15 is 0 Å². The average molecular weight is 290 g/mol. The van der Waals surface area contributed by atoms with Gasteiger partial charge in [0.2, 0.25) is 0 Å². The molecule has 1 fully saturated rings. The molecule has 1 aromatic carbocycles. The molecule has 1 aromatic rings. The highest BCUT2D eigenvalue weighted by molar-refractivity contribution is 5.14. The summed E-state index contributed by atoms with van der Waals surface area (Å²) >= 11 is 0. The zero-order valence-electron chi connectivity index (χ0n) is 13.8. The molecule has 0 radical (unpaired) electrons. The molecule has 0 bridgehead atoms. The van der Waals surface area contributed by atoms with Crippen molar-refractivity contribution in [3.05, 3.63) is 35.9 Å². The third kappa shape index (κ3) is 5.77. The first kappa shape index (κ1) is 16.5. The Morgan fingerprint density at radius 1 is 1.19 bits per heavy atom. The van der Waals surface area contributed by atoms with E-state index in [0.29, 0.717) is 0 Å². The van der Waals surface area contributed by atoms with Gasteiger partial charge in [0.1, 0.15) is 0 Å². The van der Waals surface area contributed by atoms with Crippen LogP contribution in [0.5, 0.6) is 0 Å². The number of benzene rings is 1. The summed E-state index contributed by atoms with van der Waals surface area (Å²) in [4.78, 5) is 4.91. The van der Waals surface area contributed by atoms with Gasteiger partial charge in [0, 0.05) is 32.7 Å². The van der Waals surface area contributed by atoms with Gasteiger partial charge in [-0.05, 0) is 30.9 Å². The fourth-order valence-corrected chi connectivity index (χ4v) is 3.41. The zero-order chi connectivity index (χ0) is 15.3. The predicted molar refractivity (Wildman–Crippen MR) is 88.2 cm³/mol. The van der Waals surface area contributed by atoms with Gasteiger partial charge in [-0.25, -0.2) is 0 Å². The van der Waals surface area contributed by atoms with E-state index in [9.17, 15) is 5.11 Å². The Morgan fingerprint density at radius 3 is 2.43 bits per heavy atom. The number of nitrogens with zero attached hydrogens (tertiary/aromatic N) is 2. The predicted octanol–water partition coefficient (Wildman–Crippen LogP) is 2.60. The molecule has 0 spiro atoms. The van der Waals surface area contributed by atoms with Crippen LogP contribution in [0.2, 0.25) is 0 Å². The Kier molecular flexibility index (Phi) is 5.80. The topological polar surface area (TPSA) is 26.7 Å². The second kappa shape index (κ2) is 7.39. The van der Waals surface area contributed by atoms with E-state index in [4.69, 9.17) is 0 Å². The van der Waals surface area contributed by atoms with Crippen molar-refractivity contribution in [1.29, 1.82) is 0 Å². The van der Waals surface area contributed by atoms with Gasteiger partial charge in [-0.1, -0.05) is 44.2 Å². The quantitative estimate of drug-likeness (QED) is 0.872. The van der Waals surface area contributed by atoms with E-state index in [1.54, 1.807) is 0 Å². The van der Waals surface area contributed by atoms with Gasteiger partial charge in [-0.15, -0.1) is 0 Å². The van der Waals surface area contributed by atoms with E-state index in [-0.39, 0.29) is 11.5 Å². The number of aliphatic hydroxyl groups excluding tert-OH is 1. The van der Waals surface area contributed by atoms with Gasteiger partial charge in [-0.3, -0.25) is 0 Å². The molecule has 1 saturated heterocycles. The summed E-state index contributed by atoms with van der Waals surface area (Å²) in [6.07, 6.45) is 1.77. The Bertz CT molecular complexity index is 410. The molecule has 0 saturated carbocycles. The lowest BCUT2D eigenvalue weighted by Gasteiger charge is -2.38. The lowest BCUT2D eigenvalue weighted by atomic mass is 9.90. The zero-order valence-corrected chi connectivity index (χ0v) is 13.8. The van der Waals surface area contributed by atoms with Gasteiger partial charge < -0.3 is 14.9 Å². The van der Waals surface area contributed by atoms with Crippen LogP contribution in [0.4, 0.5) is 0 Å². The van der Waals surface area contributed by atoms with Gasteiger partial charge in [-0.2, -0.15) is 0 Å². The van der Waals surface area contributed by atoms with Crippen LogP contribution in [0, 0.1) is 5.41 Å². The fourth-order valence-electron chi connectivity index (χ4n) is 3.41. The van der Waals surface area contributed by atoms with Crippen LogP contribution >= 0.6 is 0 Å². The minimum Gasteiger partial charge on any atom is -0.393 e. The lowest BCUT2D eigenvalue weighted by molar-refractivity contribution is 0.0549. The van der Waals surface area contributed by atoms with Gasteiger partial charge >= 0.3 is 0 Å². The summed E-state index contributed by atoms with van der Waals surface area (Å²) < 4.78 is 0. The molecule has 21 heavy (non-hydrogen) atoms. The van der Waals surface area contributed by atoms with Gasteiger partial charge in [0.05, 0.1) is 6.10 Å². The molecule has 1 aliphatic heterocycles. The molecule has 1 aliphatic rings.